The molecular formula is C27H31N5O6. The third-order valence-corrected chi connectivity index (χ3v) is 5.46. The van der Waals surface area contributed by atoms with Gasteiger partial charge in [-0.3, -0.25) is 19.0 Å². The lowest BCUT2D eigenvalue weighted by Gasteiger charge is -2.23. The van der Waals surface area contributed by atoms with Gasteiger partial charge in [0.15, 0.2) is 6.29 Å². The Morgan fingerprint density at radius 1 is 1.08 bits per heavy atom. The molecule has 0 bridgehead atoms. The van der Waals surface area contributed by atoms with E-state index in [-0.39, 0.29) is 17.8 Å². The molecule has 0 aliphatic heterocycles. The van der Waals surface area contributed by atoms with Crippen molar-refractivity contribution in [3.05, 3.63) is 76.2 Å². The van der Waals surface area contributed by atoms with Crippen molar-refractivity contribution in [3.63, 3.8) is 0 Å². The number of carbonyl (C=O) groups is 2. The van der Waals surface area contributed by atoms with Crippen LogP contribution in [0.15, 0.2) is 53.6 Å². The fourth-order valence-corrected chi connectivity index (χ4v) is 3.90. The molecule has 0 aliphatic carbocycles. The summed E-state index contributed by atoms with van der Waals surface area (Å²) in [5.41, 5.74) is 0.765. The first-order chi connectivity index (χ1) is 18.1. The molecule has 1 amide bonds. The van der Waals surface area contributed by atoms with E-state index in [0.29, 0.717) is 41.2 Å². The molecule has 38 heavy (non-hydrogen) atoms. The zero-order valence-corrected chi connectivity index (χ0v) is 22.1. The predicted molar refractivity (Wildman–Crippen MR) is 140 cm³/mol. The number of nitrogens with one attached hydrogen (secondary N) is 1. The normalized spacial score (nSPS) is 11.8. The SMILES string of the molecule is CCOC(OCC)c1cc2cnc(CNC(=O)c3cc(=O)n4ccccc4n3)cc2n1C(=O)OC(C)(C)C. The summed E-state index contributed by atoms with van der Waals surface area (Å²) in [5.74, 6) is -0.522. The largest absolute Gasteiger partial charge is 0.443 e. The van der Waals surface area contributed by atoms with Crippen molar-refractivity contribution in [3.8, 4) is 0 Å². The third kappa shape index (κ3) is 5.90. The van der Waals surface area contributed by atoms with Gasteiger partial charge in [-0.25, -0.2) is 14.3 Å². The summed E-state index contributed by atoms with van der Waals surface area (Å²) in [6.45, 7) is 9.84. The van der Waals surface area contributed by atoms with Gasteiger partial charge >= 0.3 is 6.09 Å². The van der Waals surface area contributed by atoms with Gasteiger partial charge in [-0.1, -0.05) is 6.07 Å². The molecule has 4 heterocycles. The summed E-state index contributed by atoms with van der Waals surface area (Å²) in [7, 11) is 0. The summed E-state index contributed by atoms with van der Waals surface area (Å²) in [5, 5.41) is 3.42. The first-order valence-electron chi connectivity index (χ1n) is 12.3. The van der Waals surface area contributed by atoms with Crippen LogP contribution in [-0.4, -0.2) is 49.8 Å². The molecule has 1 N–H and O–H groups in total. The molecule has 4 aromatic heterocycles. The zero-order chi connectivity index (χ0) is 27.4. The zero-order valence-electron chi connectivity index (χ0n) is 22.1. The van der Waals surface area contributed by atoms with Crippen molar-refractivity contribution in [2.75, 3.05) is 13.2 Å². The highest BCUT2D eigenvalue weighted by Crippen LogP contribution is 2.29. The number of ether oxygens (including phenoxy) is 3. The molecule has 200 valence electrons. The molecule has 0 aromatic carbocycles. The first-order valence-corrected chi connectivity index (χ1v) is 12.3. The van der Waals surface area contributed by atoms with E-state index in [4.69, 9.17) is 14.2 Å². The van der Waals surface area contributed by atoms with Crippen LogP contribution in [0.5, 0.6) is 0 Å². The molecule has 0 saturated carbocycles. The van der Waals surface area contributed by atoms with E-state index in [0.717, 1.165) is 0 Å². The molecule has 0 atom stereocenters. The van der Waals surface area contributed by atoms with Crippen molar-refractivity contribution < 1.29 is 23.8 Å². The van der Waals surface area contributed by atoms with E-state index in [1.165, 1.54) is 15.0 Å². The Bertz CT molecular complexity index is 1530. The van der Waals surface area contributed by atoms with E-state index in [1.807, 2.05) is 13.8 Å². The number of aromatic nitrogens is 4. The molecule has 0 spiro atoms. The van der Waals surface area contributed by atoms with Crippen LogP contribution in [0, 0.1) is 0 Å². The quantitative estimate of drug-likeness (QED) is 0.347. The van der Waals surface area contributed by atoms with Crippen LogP contribution in [0.4, 0.5) is 4.79 Å². The lowest BCUT2D eigenvalue weighted by Crippen LogP contribution is -2.29. The maximum atomic E-state index is 13.3. The smallest absolute Gasteiger partial charge is 0.419 e. The Morgan fingerprint density at radius 3 is 2.50 bits per heavy atom. The minimum Gasteiger partial charge on any atom is -0.443 e. The molecule has 0 fully saturated rings. The van der Waals surface area contributed by atoms with Gasteiger partial charge in [0.05, 0.1) is 23.4 Å². The van der Waals surface area contributed by atoms with Crippen molar-refractivity contribution in [2.45, 2.75) is 53.1 Å². The topological polar surface area (TPSA) is 126 Å². The molecule has 0 radical (unpaired) electrons. The lowest BCUT2D eigenvalue weighted by atomic mass is 10.2. The van der Waals surface area contributed by atoms with Gasteiger partial charge in [-0.15, -0.1) is 0 Å². The van der Waals surface area contributed by atoms with Crippen molar-refractivity contribution >= 4 is 28.6 Å². The average molecular weight is 522 g/mol. The molecule has 11 heteroatoms. The molecule has 0 saturated heterocycles. The molecule has 4 rings (SSSR count). The van der Waals surface area contributed by atoms with Crippen LogP contribution < -0.4 is 10.9 Å². The number of hydrogen-bond acceptors (Lipinski definition) is 8. The number of hydrogen-bond donors (Lipinski definition) is 1. The Kier molecular flexibility index (Phi) is 7.88. The third-order valence-electron chi connectivity index (χ3n) is 5.46. The second-order valence-corrected chi connectivity index (χ2v) is 9.45. The van der Waals surface area contributed by atoms with Gasteiger partial charge in [-0.05, 0) is 58.9 Å². The summed E-state index contributed by atoms with van der Waals surface area (Å²) >= 11 is 0. The number of rotatable bonds is 8. The van der Waals surface area contributed by atoms with E-state index in [9.17, 15) is 14.4 Å². The fraction of sp³-hybridized carbons (Fsp3) is 0.370. The monoisotopic (exact) mass is 521 g/mol. The molecule has 11 nitrogen and oxygen atoms in total. The minimum atomic E-state index is -0.786. The number of nitrogens with zero attached hydrogens (tertiary/aromatic N) is 4. The number of amides is 1. The van der Waals surface area contributed by atoms with Crippen LogP contribution >= 0.6 is 0 Å². The van der Waals surface area contributed by atoms with Gasteiger partial charge in [0.2, 0.25) is 0 Å². The fourth-order valence-electron chi connectivity index (χ4n) is 3.90. The highest BCUT2D eigenvalue weighted by Gasteiger charge is 2.27. The minimum absolute atomic E-state index is 0.00188. The average Bonchev–Trinajstić information content (AvgIpc) is 3.25. The highest BCUT2D eigenvalue weighted by atomic mass is 16.7. The Labute approximate surface area is 219 Å². The highest BCUT2D eigenvalue weighted by molar-refractivity contribution is 5.93. The van der Waals surface area contributed by atoms with Crippen LogP contribution in [0.2, 0.25) is 0 Å². The summed E-state index contributed by atoms with van der Waals surface area (Å²) < 4.78 is 19.9. The number of carbonyl (C=O) groups excluding carboxylic acids is 2. The van der Waals surface area contributed by atoms with Gasteiger partial charge in [-0.2, -0.15) is 0 Å². The lowest BCUT2D eigenvalue weighted by molar-refractivity contribution is -0.143. The standard InChI is InChI=1S/C27H31N5O6/c1-6-36-25(37-7-2)21-12-17-15-28-18(13-20(17)32(21)26(35)38-27(3,4)5)16-29-24(34)19-14-23(33)31-11-9-8-10-22(31)30-19/h8-15,25H,6-7,16H2,1-5H3,(H,29,34). The number of pyridine rings is 2. The summed E-state index contributed by atoms with van der Waals surface area (Å²) in [6.07, 6.45) is 1.82. The number of fused-ring (bicyclic) bond motifs is 2. The van der Waals surface area contributed by atoms with Crippen molar-refractivity contribution in [1.82, 2.24) is 24.3 Å². The van der Waals surface area contributed by atoms with Crippen LogP contribution in [0.3, 0.4) is 0 Å². The van der Waals surface area contributed by atoms with Crippen molar-refractivity contribution in [1.29, 1.82) is 0 Å². The van der Waals surface area contributed by atoms with Gasteiger partial charge in [0, 0.05) is 37.1 Å². The summed E-state index contributed by atoms with van der Waals surface area (Å²) in [6, 6.07) is 9.74. The van der Waals surface area contributed by atoms with Gasteiger partial charge < -0.3 is 19.5 Å². The van der Waals surface area contributed by atoms with E-state index >= 15 is 0 Å². The van der Waals surface area contributed by atoms with E-state index in [1.54, 1.807) is 63.5 Å². The molecular weight excluding hydrogens is 490 g/mol. The van der Waals surface area contributed by atoms with E-state index in [2.05, 4.69) is 15.3 Å². The first kappa shape index (κ1) is 27.0. The summed E-state index contributed by atoms with van der Waals surface area (Å²) in [4.78, 5) is 47.1. The van der Waals surface area contributed by atoms with Gasteiger partial charge in [0.1, 0.15) is 16.9 Å². The Morgan fingerprint density at radius 2 is 1.82 bits per heavy atom. The Balaban J connectivity index is 1.65. The molecule has 0 unspecified atom stereocenters. The van der Waals surface area contributed by atoms with Gasteiger partial charge in [0.25, 0.3) is 11.5 Å². The molecule has 0 aliphatic rings. The predicted octanol–water partition coefficient (Wildman–Crippen LogP) is 3.83. The van der Waals surface area contributed by atoms with Crippen LogP contribution in [-0.2, 0) is 20.8 Å². The maximum absolute atomic E-state index is 13.3. The van der Waals surface area contributed by atoms with Crippen molar-refractivity contribution in [2.24, 2.45) is 0 Å². The van der Waals surface area contributed by atoms with Crippen LogP contribution in [0.25, 0.3) is 16.6 Å². The Hall–Kier alpha value is -4.09. The van der Waals surface area contributed by atoms with E-state index < -0.39 is 23.9 Å². The maximum Gasteiger partial charge on any atom is 0.419 e. The second-order valence-electron chi connectivity index (χ2n) is 9.45. The van der Waals surface area contributed by atoms with Crippen LogP contribution in [0.1, 0.15) is 62.8 Å². The second kappa shape index (κ2) is 11.1. The molecule has 4 aromatic rings.